The molecule has 0 aliphatic carbocycles. The summed E-state index contributed by atoms with van der Waals surface area (Å²) in [5.74, 6) is 0. The maximum absolute atomic E-state index is 6.24. The van der Waals surface area contributed by atoms with Crippen molar-refractivity contribution in [2.75, 3.05) is 0 Å². The predicted molar refractivity (Wildman–Crippen MR) is 147 cm³/mol. The minimum absolute atomic E-state index is 0.920. The Labute approximate surface area is 205 Å². The SMILES string of the molecule is Brc1ccc(-c2c3ccccc3c(-c3cccc4oc5ccccc5c34)c3ccccc23)cc1. The molecule has 0 amide bonds. The lowest BCUT2D eigenvalue weighted by Gasteiger charge is -2.18. The highest BCUT2D eigenvalue weighted by molar-refractivity contribution is 9.10. The van der Waals surface area contributed by atoms with E-state index in [1.54, 1.807) is 0 Å². The molecule has 0 fully saturated rings. The number of hydrogen-bond acceptors (Lipinski definition) is 1. The Bertz CT molecular complexity index is 1800. The highest BCUT2D eigenvalue weighted by Crippen LogP contribution is 2.46. The second-order valence-electron chi connectivity index (χ2n) is 8.62. The molecular weight excluding hydrogens is 480 g/mol. The summed E-state index contributed by atoms with van der Waals surface area (Å²) in [5, 5.41) is 7.32. The maximum Gasteiger partial charge on any atom is 0.136 e. The van der Waals surface area contributed by atoms with Gasteiger partial charge in [0.05, 0.1) is 0 Å². The van der Waals surface area contributed by atoms with Crippen LogP contribution in [0.2, 0.25) is 0 Å². The van der Waals surface area contributed by atoms with E-state index >= 15 is 0 Å². The van der Waals surface area contributed by atoms with Crippen molar-refractivity contribution in [2.24, 2.45) is 0 Å². The zero-order valence-corrected chi connectivity index (χ0v) is 19.8. The molecule has 0 unspecified atom stereocenters. The van der Waals surface area contributed by atoms with Crippen molar-refractivity contribution in [3.05, 3.63) is 120 Å². The van der Waals surface area contributed by atoms with Gasteiger partial charge < -0.3 is 4.42 Å². The average molecular weight is 499 g/mol. The summed E-state index contributed by atoms with van der Waals surface area (Å²) in [7, 11) is 0. The molecule has 34 heavy (non-hydrogen) atoms. The van der Waals surface area contributed by atoms with E-state index in [0.717, 1.165) is 21.0 Å². The first kappa shape index (κ1) is 19.6. The maximum atomic E-state index is 6.24. The zero-order chi connectivity index (χ0) is 22.6. The summed E-state index contributed by atoms with van der Waals surface area (Å²) in [5.41, 5.74) is 6.79. The van der Waals surface area contributed by atoms with Gasteiger partial charge in [0.1, 0.15) is 11.2 Å². The minimum Gasteiger partial charge on any atom is -0.456 e. The average Bonchev–Trinajstić information content (AvgIpc) is 3.27. The van der Waals surface area contributed by atoms with E-state index < -0.39 is 0 Å². The lowest BCUT2D eigenvalue weighted by atomic mass is 9.85. The summed E-state index contributed by atoms with van der Waals surface area (Å²) in [4.78, 5) is 0. The van der Waals surface area contributed by atoms with Crippen LogP contribution in [-0.2, 0) is 0 Å². The van der Waals surface area contributed by atoms with Crippen LogP contribution in [0.3, 0.4) is 0 Å². The van der Waals surface area contributed by atoms with Crippen molar-refractivity contribution in [1.82, 2.24) is 0 Å². The number of furan rings is 1. The number of halogens is 1. The Hall–Kier alpha value is -3.88. The molecule has 160 valence electrons. The molecule has 0 aliphatic rings. The molecule has 6 aromatic carbocycles. The molecule has 0 saturated heterocycles. The van der Waals surface area contributed by atoms with Crippen LogP contribution in [0.5, 0.6) is 0 Å². The zero-order valence-electron chi connectivity index (χ0n) is 18.3. The van der Waals surface area contributed by atoms with Crippen molar-refractivity contribution in [2.45, 2.75) is 0 Å². The smallest absolute Gasteiger partial charge is 0.136 e. The third-order valence-electron chi connectivity index (χ3n) is 6.74. The first-order valence-electron chi connectivity index (χ1n) is 11.4. The number of benzene rings is 6. The molecule has 0 spiro atoms. The van der Waals surface area contributed by atoms with Crippen molar-refractivity contribution in [3.63, 3.8) is 0 Å². The first-order valence-corrected chi connectivity index (χ1v) is 12.2. The Morgan fingerprint density at radius 2 is 0.971 bits per heavy atom. The quantitative estimate of drug-likeness (QED) is 0.216. The van der Waals surface area contributed by atoms with Gasteiger partial charge in [0.15, 0.2) is 0 Å². The van der Waals surface area contributed by atoms with E-state index in [2.05, 4.69) is 119 Å². The summed E-state index contributed by atoms with van der Waals surface area (Å²) in [6.07, 6.45) is 0. The van der Waals surface area contributed by atoms with Gasteiger partial charge in [-0.05, 0) is 68.1 Å². The van der Waals surface area contributed by atoms with E-state index in [9.17, 15) is 0 Å². The van der Waals surface area contributed by atoms with Crippen LogP contribution in [0.25, 0.3) is 65.7 Å². The van der Waals surface area contributed by atoms with Crippen molar-refractivity contribution < 1.29 is 4.42 Å². The monoisotopic (exact) mass is 498 g/mol. The molecule has 0 aliphatic heterocycles. The molecule has 1 nitrogen and oxygen atoms in total. The molecule has 1 aromatic heterocycles. The second kappa shape index (κ2) is 7.58. The number of hydrogen-bond donors (Lipinski definition) is 0. The van der Waals surface area contributed by atoms with Crippen LogP contribution in [-0.4, -0.2) is 0 Å². The van der Waals surface area contributed by atoms with Crippen LogP contribution in [0.4, 0.5) is 0 Å². The molecule has 0 saturated carbocycles. The molecule has 1 heterocycles. The fraction of sp³-hybridized carbons (Fsp3) is 0. The van der Waals surface area contributed by atoms with E-state index in [4.69, 9.17) is 4.42 Å². The lowest BCUT2D eigenvalue weighted by molar-refractivity contribution is 0.669. The molecule has 0 bridgehead atoms. The summed E-state index contributed by atoms with van der Waals surface area (Å²) in [6, 6.07) is 40.9. The third-order valence-corrected chi connectivity index (χ3v) is 7.26. The summed E-state index contributed by atoms with van der Waals surface area (Å²) >= 11 is 3.59. The van der Waals surface area contributed by atoms with Crippen molar-refractivity contribution in [1.29, 1.82) is 0 Å². The number of fused-ring (bicyclic) bond motifs is 5. The van der Waals surface area contributed by atoms with Gasteiger partial charge in [0, 0.05) is 15.2 Å². The van der Waals surface area contributed by atoms with E-state index in [0.29, 0.717) is 0 Å². The Morgan fingerprint density at radius 3 is 1.62 bits per heavy atom. The largest absolute Gasteiger partial charge is 0.456 e. The molecule has 0 atom stereocenters. The van der Waals surface area contributed by atoms with Gasteiger partial charge in [0.2, 0.25) is 0 Å². The first-order chi connectivity index (χ1) is 16.8. The fourth-order valence-electron chi connectivity index (χ4n) is 5.33. The van der Waals surface area contributed by atoms with E-state index in [1.165, 1.54) is 49.2 Å². The van der Waals surface area contributed by atoms with Gasteiger partial charge in [-0.25, -0.2) is 0 Å². The van der Waals surface area contributed by atoms with Gasteiger partial charge in [-0.3, -0.25) is 0 Å². The van der Waals surface area contributed by atoms with Gasteiger partial charge >= 0.3 is 0 Å². The Morgan fingerprint density at radius 1 is 0.441 bits per heavy atom. The van der Waals surface area contributed by atoms with Crippen molar-refractivity contribution in [3.8, 4) is 22.3 Å². The van der Waals surface area contributed by atoms with Gasteiger partial charge in [-0.2, -0.15) is 0 Å². The second-order valence-corrected chi connectivity index (χ2v) is 9.54. The minimum atomic E-state index is 0.920. The molecule has 0 radical (unpaired) electrons. The molecular formula is C32H19BrO. The summed E-state index contributed by atoms with van der Waals surface area (Å²) < 4.78 is 7.32. The topological polar surface area (TPSA) is 13.1 Å². The Balaban J connectivity index is 1.69. The number of rotatable bonds is 2. The normalized spacial score (nSPS) is 11.7. The van der Waals surface area contributed by atoms with Crippen LogP contribution >= 0.6 is 15.9 Å². The van der Waals surface area contributed by atoms with Gasteiger partial charge in [-0.1, -0.05) is 107 Å². The molecule has 0 N–H and O–H groups in total. The third kappa shape index (κ3) is 2.85. The standard InChI is InChI=1S/C32H19BrO/c33-21-18-16-20(17-19-21)30-22-8-1-3-10-24(22)31(25-11-4-2-9-23(25)30)27-13-7-15-29-32(27)26-12-5-6-14-28(26)34-29/h1-19H. The highest BCUT2D eigenvalue weighted by Gasteiger charge is 2.19. The fourth-order valence-corrected chi connectivity index (χ4v) is 5.59. The van der Waals surface area contributed by atoms with Gasteiger partial charge in [0.25, 0.3) is 0 Å². The molecule has 2 heteroatoms. The lowest BCUT2D eigenvalue weighted by Crippen LogP contribution is -1.91. The molecule has 7 rings (SSSR count). The highest BCUT2D eigenvalue weighted by atomic mass is 79.9. The number of para-hydroxylation sites is 1. The van der Waals surface area contributed by atoms with Crippen LogP contribution in [0.1, 0.15) is 0 Å². The van der Waals surface area contributed by atoms with E-state index in [1.807, 2.05) is 12.1 Å². The summed E-state index contributed by atoms with van der Waals surface area (Å²) in [6.45, 7) is 0. The Kier molecular flexibility index (Phi) is 4.36. The van der Waals surface area contributed by atoms with Crippen molar-refractivity contribution >= 4 is 59.4 Å². The van der Waals surface area contributed by atoms with Crippen LogP contribution in [0.15, 0.2) is 124 Å². The van der Waals surface area contributed by atoms with Gasteiger partial charge in [-0.15, -0.1) is 0 Å². The van der Waals surface area contributed by atoms with E-state index in [-0.39, 0.29) is 0 Å². The predicted octanol–water partition coefficient (Wildman–Crippen LogP) is 9.99. The molecule has 7 aromatic rings. The van der Waals surface area contributed by atoms with Crippen LogP contribution < -0.4 is 0 Å². The van der Waals surface area contributed by atoms with Crippen LogP contribution in [0, 0.1) is 0 Å².